The number of hydrogen-bond donors (Lipinski definition) is 1. The quantitative estimate of drug-likeness (QED) is 0.592. The second-order valence-electron chi connectivity index (χ2n) is 4.07. The van der Waals surface area contributed by atoms with E-state index in [1.54, 1.807) is 24.3 Å². The van der Waals surface area contributed by atoms with E-state index in [4.69, 9.17) is 14.6 Å². The van der Waals surface area contributed by atoms with Gasteiger partial charge in [0.25, 0.3) is 0 Å². The molecule has 0 spiro atoms. The molecule has 1 aromatic carbocycles. The summed E-state index contributed by atoms with van der Waals surface area (Å²) in [5.41, 5.74) is 0.646. The molecule has 7 heteroatoms. The van der Waals surface area contributed by atoms with Crippen molar-refractivity contribution < 1.29 is 32.5 Å². The number of benzene rings is 1. The second-order valence-corrected chi connectivity index (χ2v) is 4.07. The summed E-state index contributed by atoms with van der Waals surface area (Å²) in [5, 5.41) is 8.51. The molecule has 21 heavy (non-hydrogen) atoms. The Kier molecular flexibility index (Phi) is 6.74. The number of aliphatic carboxylic acids is 1. The Hall–Kier alpha value is -2.02. The monoisotopic (exact) mass is 304 g/mol. The summed E-state index contributed by atoms with van der Waals surface area (Å²) < 4.78 is 45.6. The number of halogens is 3. The average molecular weight is 304 g/mol. The van der Waals surface area contributed by atoms with Gasteiger partial charge < -0.3 is 14.6 Å². The summed E-state index contributed by atoms with van der Waals surface area (Å²) >= 11 is 0. The van der Waals surface area contributed by atoms with Gasteiger partial charge in [-0.1, -0.05) is 12.1 Å². The zero-order valence-electron chi connectivity index (χ0n) is 11.1. The molecule has 1 N–H and O–H groups in total. The number of carboxylic acid groups (broad SMARTS) is 1. The van der Waals surface area contributed by atoms with Gasteiger partial charge in [-0.25, -0.2) is 4.79 Å². The van der Waals surface area contributed by atoms with E-state index >= 15 is 0 Å². The summed E-state index contributed by atoms with van der Waals surface area (Å²) in [6.45, 7) is -0.233. The summed E-state index contributed by atoms with van der Waals surface area (Å²) in [4.78, 5) is 10.4. The number of hydrogen-bond acceptors (Lipinski definition) is 3. The molecule has 4 nitrogen and oxygen atoms in total. The fourth-order valence-electron chi connectivity index (χ4n) is 1.38. The van der Waals surface area contributed by atoms with Gasteiger partial charge in [-0.15, -0.1) is 0 Å². The van der Waals surface area contributed by atoms with Crippen LogP contribution < -0.4 is 4.74 Å². The molecule has 0 unspecified atom stereocenters. The summed E-state index contributed by atoms with van der Waals surface area (Å²) in [6.07, 6.45) is -2.79. The van der Waals surface area contributed by atoms with E-state index in [9.17, 15) is 18.0 Å². The Bertz CT molecular complexity index is 483. The van der Waals surface area contributed by atoms with Crippen LogP contribution in [-0.2, 0) is 9.53 Å². The molecule has 1 aromatic rings. The molecule has 1 rings (SSSR count). The van der Waals surface area contributed by atoms with E-state index in [1.165, 1.54) is 6.08 Å². The zero-order chi connectivity index (χ0) is 15.7. The Morgan fingerprint density at radius 1 is 1.24 bits per heavy atom. The first kappa shape index (κ1) is 17.0. The third-order valence-electron chi connectivity index (χ3n) is 2.30. The smallest absolute Gasteiger partial charge is 0.391 e. The molecule has 0 atom stereocenters. The van der Waals surface area contributed by atoms with Crippen molar-refractivity contribution in [2.75, 3.05) is 19.8 Å². The zero-order valence-corrected chi connectivity index (χ0v) is 11.1. The van der Waals surface area contributed by atoms with Gasteiger partial charge in [-0.3, -0.25) is 0 Å². The molecule has 0 heterocycles. The van der Waals surface area contributed by atoms with E-state index in [1.807, 2.05) is 0 Å². The van der Waals surface area contributed by atoms with E-state index < -0.39 is 25.2 Å². The van der Waals surface area contributed by atoms with E-state index in [2.05, 4.69) is 0 Å². The maximum Gasteiger partial charge on any atom is 0.391 e. The van der Waals surface area contributed by atoms with Crippen molar-refractivity contribution in [3.8, 4) is 5.75 Å². The number of carboxylic acids is 1. The fourth-order valence-corrected chi connectivity index (χ4v) is 1.38. The van der Waals surface area contributed by atoms with Crippen LogP contribution in [0.25, 0.3) is 6.08 Å². The number of carbonyl (C=O) groups is 1. The number of rotatable bonds is 8. The van der Waals surface area contributed by atoms with Gasteiger partial charge in [-0.05, 0) is 23.8 Å². The van der Waals surface area contributed by atoms with Crippen LogP contribution in [-0.4, -0.2) is 37.1 Å². The SMILES string of the molecule is O=C(O)/C=C/c1cccc(OCCOCCC(F)(F)F)c1. The van der Waals surface area contributed by atoms with Crippen molar-refractivity contribution in [1.29, 1.82) is 0 Å². The van der Waals surface area contributed by atoms with Crippen LogP contribution in [0.1, 0.15) is 12.0 Å². The average Bonchev–Trinajstić information content (AvgIpc) is 2.40. The van der Waals surface area contributed by atoms with Gasteiger partial charge in [0.2, 0.25) is 0 Å². The molecule has 116 valence electrons. The minimum atomic E-state index is -4.22. The van der Waals surface area contributed by atoms with Crippen molar-refractivity contribution in [1.82, 2.24) is 0 Å². The molecule has 0 saturated heterocycles. The predicted octanol–water partition coefficient (Wildman–Crippen LogP) is 3.13. The standard InChI is InChI=1S/C14H15F3O4/c15-14(16,17)6-7-20-8-9-21-12-3-1-2-11(10-12)4-5-13(18)19/h1-5,10H,6-9H2,(H,18,19)/b5-4+. The first-order valence-corrected chi connectivity index (χ1v) is 6.15. The highest BCUT2D eigenvalue weighted by molar-refractivity contribution is 5.85. The molecule has 0 aliphatic carbocycles. The lowest BCUT2D eigenvalue weighted by Crippen LogP contribution is -2.14. The van der Waals surface area contributed by atoms with Crippen LogP contribution in [0.5, 0.6) is 5.75 Å². The molecular weight excluding hydrogens is 289 g/mol. The first-order valence-electron chi connectivity index (χ1n) is 6.15. The fraction of sp³-hybridized carbons (Fsp3) is 0.357. The topological polar surface area (TPSA) is 55.8 Å². The maximum atomic E-state index is 11.8. The molecule has 0 fully saturated rings. The first-order chi connectivity index (χ1) is 9.87. The molecule has 0 radical (unpaired) electrons. The highest BCUT2D eigenvalue weighted by Gasteiger charge is 2.26. The lowest BCUT2D eigenvalue weighted by molar-refractivity contribution is -0.145. The summed E-state index contributed by atoms with van der Waals surface area (Å²) in [6, 6.07) is 6.66. The lowest BCUT2D eigenvalue weighted by Gasteiger charge is -2.09. The van der Waals surface area contributed by atoms with Crippen molar-refractivity contribution in [3.63, 3.8) is 0 Å². The maximum absolute atomic E-state index is 11.8. The summed E-state index contributed by atoms with van der Waals surface area (Å²) in [7, 11) is 0. The molecule has 0 aliphatic heterocycles. The van der Waals surface area contributed by atoms with Crippen LogP contribution in [0.15, 0.2) is 30.3 Å². The summed E-state index contributed by atoms with van der Waals surface area (Å²) in [5.74, 6) is -0.568. The van der Waals surface area contributed by atoms with Crippen LogP contribution in [0.4, 0.5) is 13.2 Å². The largest absolute Gasteiger partial charge is 0.491 e. The van der Waals surface area contributed by atoms with Crippen molar-refractivity contribution in [2.24, 2.45) is 0 Å². The van der Waals surface area contributed by atoms with Gasteiger partial charge in [0.1, 0.15) is 12.4 Å². The highest BCUT2D eigenvalue weighted by Crippen LogP contribution is 2.19. The minimum absolute atomic E-state index is 0.0469. The van der Waals surface area contributed by atoms with Gasteiger partial charge in [0.05, 0.1) is 19.6 Å². The van der Waals surface area contributed by atoms with Gasteiger partial charge in [-0.2, -0.15) is 13.2 Å². The Morgan fingerprint density at radius 2 is 2.00 bits per heavy atom. The molecule has 0 aliphatic rings. The Labute approximate surface area is 119 Å². The Morgan fingerprint density at radius 3 is 2.67 bits per heavy atom. The number of ether oxygens (including phenoxy) is 2. The minimum Gasteiger partial charge on any atom is -0.491 e. The van der Waals surface area contributed by atoms with Crippen molar-refractivity contribution in [2.45, 2.75) is 12.6 Å². The molecule has 0 saturated carbocycles. The lowest BCUT2D eigenvalue weighted by atomic mass is 10.2. The molecular formula is C14H15F3O4. The van der Waals surface area contributed by atoms with Crippen LogP contribution in [0, 0.1) is 0 Å². The molecule has 0 aromatic heterocycles. The van der Waals surface area contributed by atoms with Crippen molar-refractivity contribution >= 4 is 12.0 Å². The van der Waals surface area contributed by atoms with Gasteiger partial charge in [0.15, 0.2) is 0 Å². The molecule has 0 amide bonds. The van der Waals surface area contributed by atoms with Gasteiger partial charge >= 0.3 is 12.1 Å². The van der Waals surface area contributed by atoms with Crippen molar-refractivity contribution in [3.05, 3.63) is 35.9 Å². The predicted molar refractivity (Wildman–Crippen MR) is 70.1 cm³/mol. The van der Waals surface area contributed by atoms with E-state index in [0.29, 0.717) is 11.3 Å². The van der Waals surface area contributed by atoms with Crippen LogP contribution >= 0.6 is 0 Å². The second kappa shape index (κ2) is 8.31. The third kappa shape index (κ3) is 8.69. The van der Waals surface area contributed by atoms with Crippen LogP contribution in [0.2, 0.25) is 0 Å². The normalized spacial score (nSPS) is 11.8. The number of alkyl halides is 3. The van der Waals surface area contributed by atoms with E-state index in [0.717, 1.165) is 6.08 Å². The van der Waals surface area contributed by atoms with Crippen LogP contribution in [0.3, 0.4) is 0 Å². The molecule has 0 bridgehead atoms. The highest BCUT2D eigenvalue weighted by atomic mass is 19.4. The third-order valence-corrected chi connectivity index (χ3v) is 2.30. The van der Waals surface area contributed by atoms with E-state index in [-0.39, 0.29) is 13.2 Å². The van der Waals surface area contributed by atoms with Gasteiger partial charge in [0, 0.05) is 6.08 Å². The Balaban J connectivity index is 2.29.